The van der Waals surface area contributed by atoms with Crippen molar-refractivity contribution in [3.8, 4) is 11.5 Å². The molecule has 0 radical (unpaired) electrons. The summed E-state index contributed by atoms with van der Waals surface area (Å²) in [6, 6.07) is 20.6. The van der Waals surface area contributed by atoms with Crippen molar-refractivity contribution in [2.75, 3.05) is 6.61 Å². The Balaban J connectivity index is 0.00000280. The minimum atomic E-state index is 0. The first-order valence-electron chi connectivity index (χ1n) is 9.32. The van der Waals surface area contributed by atoms with Crippen LogP contribution in [-0.2, 0) is 13.2 Å². The number of rotatable bonds is 9. The third-order valence-corrected chi connectivity index (χ3v) is 4.36. The second-order valence-corrected chi connectivity index (χ2v) is 6.37. The molecular formula is C23H27ClN2O2. The fourth-order valence-electron chi connectivity index (χ4n) is 2.83. The van der Waals surface area contributed by atoms with Gasteiger partial charge < -0.3 is 14.8 Å². The largest absolute Gasteiger partial charge is 0.490 e. The standard InChI is InChI=1S/C23H26N2O2.ClH/c1-3-26-23-15-20(16-25-18(2)21-11-13-24-14-12-21)9-10-22(23)27-17-19-7-5-4-6-8-19;/h4-15,18,25H,3,16-17H2,1-2H3;1H. The van der Waals surface area contributed by atoms with Crippen LogP contribution in [0.3, 0.4) is 0 Å². The molecule has 1 N–H and O–H groups in total. The Labute approximate surface area is 173 Å². The molecule has 5 heteroatoms. The zero-order valence-corrected chi connectivity index (χ0v) is 17.1. The van der Waals surface area contributed by atoms with Gasteiger partial charge in [-0.1, -0.05) is 36.4 Å². The third-order valence-electron chi connectivity index (χ3n) is 4.36. The van der Waals surface area contributed by atoms with Crippen molar-refractivity contribution in [3.63, 3.8) is 0 Å². The topological polar surface area (TPSA) is 43.4 Å². The molecule has 1 heterocycles. The number of hydrogen-bond donors (Lipinski definition) is 1. The SMILES string of the molecule is CCOc1cc(CNC(C)c2ccncc2)ccc1OCc1ccccc1.Cl. The average molecular weight is 399 g/mol. The van der Waals surface area contributed by atoms with Crippen molar-refractivity contribution in [3.05, 3.63) is 89.7 Å². The fraction of sp³-hybridized carbons (Fsp3) is 0.261. The number of nitrogens with one attached hydrogen (secondary N) is 1. The zero-order valence-electron chi connectivity index (χ0n) is 16.3. The molecule has 148 valence electrons. The predicted molar refractivity (Wildman–Crippen MR) is 115 cm³/mol. The summed E-state index contributed by atoms with van der Waals surface area (Å²) in [4.78, 5) is 4.07. The molecule has 0 aliphatic heterocycles. The van der Waals surface area contributed by atoms with Gasteiger partial charge >= 0.3 is 0 Å². The van der Waals surface area contributed by atoms with Crippen LogP contribution in [0.25, 0.3) is 0 Å². The molecule has 0 fully saturated rings. The molecule has 0 spiro atoms. The highest BCUT2D eigenvalue weighted by Crippen LogP contribution is 2.29. The smallest absolute Gasteiger partial charge is 0.161 e. The van der Waals surface area contributed by atoms with Crippen LogP contribution in [-0.4, -0.2) is 11.6 Å². The lowest BCUT2D eigenvalue weighted by molar-refractivity contribution is 0.269. The Morgan fingerprint density at radius 1 is 0.893 bits per heavy atom. The molecule has 1 atom stereocenters. The molecule has 28 heavy (non-hydrogen) atoms. The summed E-state index contributed by atoms with van der Waals surface area (Å²) in [6.45, 7) is 6.01. The second kappa shape index (κ2) is 11.3. The number of nitrogens with zero attached hydrogens (tertiary/aromatic N) is 1. The van der Waals surface area contributed by atoms with Crippen LogP contribution in [0.5, 0.6) is 11.5 Å². The number of ether oxygens (including phenoxy) is 2. The van der Waals surface area contributed by atoms with Gasteiger partial charge in [0.25, 0.3) is 0 Å². The quantitative estimate of drug-likeness (QED) is 0.529. The maximum Gasteiger partial charge on any atom is 0.161 e. The van der Waals surface area contributed by atoms with Gasteiger partial charge in [-0.2, -0.15) is 0 Å². The van der Waals surface area contributed by atoms with Gasteiger partial charge in [0.05, 0.1) is 6.61 Å². The summed E-state index contributed by atoms with van der Waals surface area (Å²) in [6.07, 6.45) is 3.64. The minimum absolute atomic E-state index is 0. The fourth-order valence-corrected chi connectivity index (χ4v) is 2.83. The Morgan fingerprint density at radius 2 is 1.64 bits per heavy atom. The lowest BCUT2D eigenvalue weighted by atomic mass is 10.1. The number of pyridine rings is 1. The van der Waals surface area contributed by atoms with E-state index >= 15 is 0 Å². The van der Waals surface area contributed by atoms with E-state index in [1.54, 1.807) is 0 Å². The van der Waals surface area contributed by atoms with Crippen molar-refractivity contribution in [1.29, 1.82) is 0 Å². The maximum absolute atomic E-state index is 5.97. The first-order chi connectivity index (χ1) is 13.3. The summed E-state index contributed by atoms with van der Waals surface area (Å²) in [5.41, 5.74) is 3.51. The average Bonchev–Trinajstić information content (AvgIpc) is 2.73. The molecule has 0 amide bonds. The van der Waals surface area contributed by atoms with Crippen molar-refractivity contribution >= 4 is 12.4 Å². The van der Waals surface area contributed by atoms with Gasteiger partial charge in [0.2, 0.25) is 0 Å². The van der Waals surface area contributed by atoms with Crippen LogP contribution in [0, 0.1) is 0 Å². The highest BCUT2D eigenvalue weighted by Gasteiger charge is 2.09. The van der Waals surface area contributed by atoms with Crippen molar-refractivity contribution in [2.24, 2.45) is 0 Å². The van der Waals surface area contributed by atoms with Gasteiger partial charge in [-0.05, 0) is 54.8 Å². The molecule has 0 bridgehead atoms. The van der Waals surface area contributed by atoms with E-state index in [2.05, 4.69) is 41.5 Å². The van der Waals surface area contributed by atoms with Gasteiger partial charge in [-0.15, -0.1) is 12.4 Å². The van der Waals surface area contributed by atoms with Crippen LogP contribution in [0.2, 0.25) is 0 Å². The highest BCUT2D eigenvalue weighted by atomic mass is 35.5. The van der Waals surface area contributed by atoms with E-state index in [1.165, 1.54) is 5.56 Å². The molecule has 0 aliphatic rings. The highest BCUT2D eigenvalue weighted by molar-refractivity contribution is 5.85. The summed E-state index contributed by atoms with van der Waals surface area (Å²) in [5, 5.41) is 3.54. The Hall–Kier alpha value is -2.56. The van der Waals surface area contributed by atoms with E-state index < -0.39 is 0 Å². The third kappa shape index (κ3) is 6.25. The first-order valence-corrected chi connectivity index (χ1v) is 9.32. The van der Waals surface area contributed by atoms with Crippen molar-refractivity contribution < 1.29 is 9.47 Å². The van der Waals surface area contributed by atoms with Crippen LogP contribution < -0.4 is 14.8 Å². The molecular weight excluding hydrogens is 372 g/mol. The Morgan fingerprint density at radius 3 is 2.36 bits per heavy atom. The normalized spacial score (nSPS) is 11.4. The van der Waals surface area contributed by atoms with Crippen molar-refractivity contribution in [1.82, 2.24) is 10.3 Å². The van der Waals surface area contributed by atoms with E-state index in [4.69, 9.17) is 9.47 Å². The molecule has 1 aromatic heterocycles. The van der Waals surface area contributed by atoms with E-state index in [0.29, 0.717) is 13.2 Å². The molecule has 2 aromatic carbocycles. The zero-order chi connectivity index (χ0) is 18.9. The number of halogens is 1. The molecule has 3 rings (SSSR count). The van der Waals surface area contributed by atoms with E-state index in [1.807, 2.05) is 55.7 Å². The van der Waals surface area contributed by atoms with E-state index in [9.17, 15) is 0 Å². The molecule has 0 saturated heterocycles. The van der Waals surface area contributed by atoms with E-state index in [0.717, 1.165) is 29.2 Å². The Kier molecular flexibility index (Phi) is 8.79. The van der Waals surface area contributed by atoms with Gasteiger partial charge in [0, 0.05) is 25.0 Å². The van der Waals surface area contributed by atoms with Crippen LogP contribution in [0.4, 0.5) is 0 Å². The monoisotopic (exact) mass is 398 g/mol. The number of benzene rings is 2. The Bertz CT molecular complexity index is 829. The maximum atomic E-state index is 5.97. The van der Waals surface area contributed by atoms with Gasteiger partial charge in [0.15, 0.2) is 11.5 Å². The molecule has 4 nitrogen and oxygen atoms in total. The van der Waals surface area contributed by atoms with Gasteiger partial charge in [-0.3, -0.25) is 4.98 Å². The summed E-state index contributed by atoms with van der Waals surface area (Å²) in [7, 11) is 0. The minimum Gasteiger partial charge on any atom is -0.490 e. The number of hydrogen-bond acceptors (Lipinski definition) is 4. The first kappa shape index (κ1) is 21.7. The van der Waals surface area contributed by atoms with Crippen LogP contribution in [0.1, 0.15) is 36.6 Å². The predicted octanol–water partition coefficient (Wildman–Crippen LogP) is 5.33. The lowest BCUT2D eigenvalue weighted by Crippen LogP contribution is -2.18. The van der Waals surface area contributed by atoms with Crippen molar-refractivity contribution in [2.45, 2.75) is 33.0 Å². The lowest BCUT2D eigenvalue weighted by Gasteiger charge is -2.16. The molecule has 0 saturated carbocycles. The molecule has 0 aliphatic carbocycles. The second-order valence-electron chi connectivity index (χ2n) is 6.37. The van der Waals surface area contributed by atoms with Crippen LogP contribution >= 0.6 is 12.4 Å². The van der Waals surface area contributed by atoms with Crippen LogP contribution in [0.15, 0.2) is 73.1 Å². The summed E-state index contributed by atoms with van der Waals surface area (Å²) in [5.74, 6) is 1.55. The summed E-state index contributed by atoms with van der Waals surface area (Å²) < 4.78 is 11.8. The summed E-state index contributed by atoms with van der Waals surface area (Å²) >= 11 is 0. The van der Waals surface area contributed by atoms with Gasteiger partial charge in [-0.25, -0.2) is 0 Å². The van der Waals surface area contributed by atoms with Gasteiger partial charge in [0.1, 0.15) is 6.61 Å². The number of aromatic nitrogens is 1. The molecule has 1 unspecified atom stereocenters. The molecule has 3 aromatic rings. The van der Waals surface area contributed by atoms with E-state index in [-0.39, 0.29) is 18.4 Å².